The van der Waals surface area contributed by atoms with Crippen LogP contribution in [0.1, 0.15) is 19.3 Å². The summed E-state index contributed by atoms with van der Waals surface area (Å²) in [5.74, 6) is 0.564. The molecule has 1 aliphatic carbocycles. The first-order valence-electron chi connectivity index (χ1n) is 7.02. The van der Waals surface area contributed by atoms with Crippen molar-refractivity contribution in [3.8, 4) is 0 Å². The Balaban J connectivity index is 1.78. The average molecular weight is 385 g/mol. The second kappa shape index (κ2) is 6.43. The molecule has 22 heavy (non-hydrogen) atoms. The van der Waals surface area contributed by atoms with E-state index in [2.05, 4.69) is 15.6 Å². The molecule has 2 fully saturated rings. The zero-order valence-corrected chi connectivity index (χ0v) is 14.7. The van der Waals surface area contributed by atoms with Crippen LogP contribution >= 0.6 is 34.8 Å². The first-order chi connectivity index (χ1) is 10.4. The molecule has 1 aromatic carbocycles. The molecule has 3 N–H and O–H groups in total. The molecule has 0 aromatic heterocycles. The van der Waals surface area contributed by atoms with Crippen LogP contribution in [-0.4, -0.2) is 27.0 Å². The third-order valence-electron chi connectivity index (χ3n) is 4.23. The maximum Gasteiger partial charge on any atom is 0.242 e. The lowest BCUT2D eigenvalue weighted by atomic mass is 9.83. The van der Waals surface area contributed by atoms with Gasteiger partial charge in [-0.05, 0) is 37.3 Å². The van der Waals surface area contributed by atoms with Crippen LogP contribution in [0.15, 0.2) is 17.0 Å². The smallest absolute Gasteiger partial charge is 0.242 e. The van der Waals surface area contributed by atoms with E-state index < -0.39 is 10.0 Å². The molecule has 3 rings (SSSR count). The number of hydrogen-bond donors (Lipinski definition) is 3. The Hall–Kier alpha value is -0.0800. The van der Waals surface area contributed by atoms with Gasteiger partial charge in [0, 0.05) is 18.6 Å². The maximum absolute atomic E-state index is 12.5. The van der Waals surface area contributed by atoms with Crippen LogP contribution in [0.2, 0.25) is 15.1 Å². The monoisotopic (exact) mass is 383 g/mol. The van der Waals surface area contributed by atoms with Crippen LogP contribution < -0.4 is 15.6 Å². The number of hydrazine groups is 1. The molecular weight excluding hydrogens is 369 g/mol. The fourth-order valence-electron chi connectivity index (χ4n) is 3.08. The summed E-state index contributed by atoms with van der Waals surface area (Å²) in [5, 5.41) is 0.459. The van der Waals surface area contributed by atoms with E-state index in [1.165, 1.54) is 12.1 Å². The summed E-state index contributed by atoms with van der Waals surface area (Å²) < 4.78 is 27.8. The minimum atomic E-state index is -3.73. The van der Waals surface area contributed by atoms with E-state index >= 15 is 0 Å². The molecule has 0 amide bonds. The van der Waals surface area contributed by atoms with E-state index in [1.54, 1.807) is 0 Å². The number of hydrogen-bond acceptors (Lipinski definition) is 4. The molecule has 2 aliphatic rings. The summed E-state index contributed by atoms with van der Waals surface area (Å²) in [5.41, 5.74) is 6.31. The fourth-order valence-corrected chi connectivity index (χ4v) is 5.36. The highest BCUT2D eigenvalue weighted by atomic mass is 35.5. The van der Waals surface area contributed by atoms with Crippen LogP contribution in [0.4, 0.5) is 0 Å². The summed E-state index contributed by atoms with van der Waals surface area (Å²) in [6.45, 7) is 0.933. The minimum absolute atomic E-state index is 0.0387. The zero-order valence-electron chi connectivity index (χ0n) is 11.6. The predicted octanol–water partition coefficient (Wildman–Crippen LogP) is 2.57. The summed E-state index contributed by atoms with van der Waals surface area (Å²) >= 11 is 17.8. The van der Waals surface area contributed by atoms with Crippen LogP contribution in [0.3, 0.4) is 0 Å². The van der Waals surface area contributed by atoms with Gasteiger partial charge in [0.15, 0.2) is 0 Å². The molecule has 1 aliphatic heterocycles. The third-order valence-corrected chi connectivity index (χ3v) is 6.94. The summed E-state index contributed by atoms with van der Waals surface area (Å²) in [7, 11) is -3.73. The highest BCUT2D eigenvalue weighted by molar-refractivity contribution is 7.89. The van der Waals surface area contributed by atoms with Crippen molar-refractivity contribution in [2.75, 3.05) is 6.54 Å². The number of halogens is 3. The largest absolute Gasteiger partial charge is 0.257 e. The summed E-state index contributed by atoms with van der Waals surface area (Å²) in [4.78, 5) is -0.0387. The van der Waals surface area contributed by atoms with Gasteiger partial charge in [-0.2, -0.15) is 0 Å². The third kappa shape index (κ3) is 3.38. The molecular formula is C13H16Cl3N3O2S. The van der Waals surface area contributed by atoms with E-state index in [9.17, 15) is 8.42 Å². The molecule has 5 nitrogen and oxygen atoms in total. The van der Waals surface area contributed by atoms with Crippen molar-refractivity contribution >= 4 is 44.8 Å². The van der Waals surface area contributed by atoms with Crippen molar-refractivity contribution < 1.29 is 8.42 Å². The number of fused-ring (bicyclic) bond motifs is 1. The van der Waals surface area contributed by atoms with Crippen LogP contribution in [-0.2, 0) is 10.0 Å². The van der Waals surface area contributed by atoms with E-state index in [4.69, 9.17) is 34.8 Å². The molecule has 0 spiro atoms. The van der Waals surface area contributed by atoms with Gasteiger partial charge >= 0.3 is 0 Å². The molecule has 0 bridgehead atoms. The van der Waals surface area contributed by atoms with Gasteiger partial charge in [-0.1, -0.05) is 34.8 Å². The van der Waals surface area contributed by atoms with Crippen molar-refractivity contribution in [3.63, 3.8) is 0 Å². The highest BCUT2D eigenvalue weighted by Crippen LogP contribution is 2.33. The quantitative estimate of drug-likeness (QED) is 0.701. The Labute approximate surface area is 144 Å². The molecule has 1 aromatic rings. The molecule has 9 heteroatoms. The fraction of sp³-hybridized carbons (Fsp3) is 0.538. The molecule has 0 radical (unpaired) electrons. The average Bonchev–Trinajstić information content (AvgIpc) is 2.89. The van der Waals surface area contributed by atoms with Gasteiger partial charge in [0.25, 0.3) is 0 Å². The number of sulfonamides is 1. The highest BCUT2D eigenvalue weighted by Gasteiger charge is 2.35. The van der Waals surface area contributed by atoms with Gasteiger partial charge in [0.1, 0.15) is 4.90 Å². The first-order valence-corrected chi connectivity index (χ1v) is 9.64. The van der Waals surface area contributed by atoms with Crippen LogP contribution in [0.5, 0.6) is 0 Å². The summed E-state index contributed by atoms with van der Waals surface area (Å²) in [6, 6.07) is 2.81. The second-order valence-electron chi connectivity index (χ2n) is 5.72. The molecule has 3 atom stereocenters. The Morgan fingerprint density at radius 2 is 1.82 bits per heavy atom. The molecule has 3 unspecified atom stereocenters. The van der Waals surface area contributed by atoms with E-state index in [-0.39, 0.29) is 26.0 Å². The predicted molar refractivity (Wildman–Crippen MR) is 87.8 cm³/mol. The maximum atomic E-state index is 12.5. The SMILES string of the molecule is O=S(=O)(NC1CCC2CNNC2C1)c1cc(Cl)c(Cl)cc1Cl. The molecule has 1 saturated heterocycles. The minimum Gasteiger partial charge on any atom is -0.257 e. The lowest BCUT2D eigenvalue weighted by Crippen LogP contribution is -2.45. The lowest BCUT2D eigenvalue weighted by Gasteiger charge is -2.31. The standard InChI is InChI=1S/C13H16Cl3N3O2S/c14-9-4-11(16)13(5-10(9)15)22(20,21)19-8-2-1-7-6-17-18-12(7)3-8/h4-5,7-8,12,17-19H,1-3,6H2. The Morgan fingerprint density at radius 3 is 2.59 bits per heavy atom. The Bertz CT molecular complexity index is 683. The van der Waals surface area contributed by atoms with Gasteiger partial charge in [-0.25, -0.2) is 13.1 Å². The number of rotatable bonds is 3. The van der Waals surface area contributed by atoms with Crippen molar-refractivity contribution in [1.29, 1.82) is 0 Å². The van der Waals surface area contributed by atoms with Crippen molar-refractivity contribution in [2.45, 2.75) is 36.2 Å². The van der Waals surface area contributed by atoms with Crippen molar-refractivity contribution in [1.82, 2.24) is 15.6 Å². The Morgan fingerprint density at radius 1 is 1.09 bits per heavy atom. The van der Waals surface area contributed by atoms with Gasteiger partial charge in [0.05, 0.1) is 15.1 Å². The van der Waals surface area contributed by atoms with E-state index in [1.807, 2.05) is 0 Å². The van der Waals surface area contributed by atoms with E-state index in [0.29, 0.717) is 12.0 Å². The van der Waals surface area contributed by atoms with Gasteiger partial charge < -0.3 is 0 Å². The van der Waals surface area contributed by atoms with Gasteiger partial charge in [0.2, 0.25) is 10.0 Å². The molecule has 122 valence electrons. The van der Waals surface area contributed by atoms with E-state index in [0.717, 1.165) is 25.8 Å². The summed E-state index contributed by atoms with van der Waals surface area (Å²) in [6.07, 6.45) is 2.53. The van der Waals surface area contributed by atoms with Gasteiger partial charge in [-0.3, -0.25) is 10.9 Å². The molecule has 1 heterocycles. The lowest BCUT2D eigenvalue weighted by molar-refractivity contribution is 0.291. The normalized spacial score (nSPS) is 28.6. The molecule has 1 saturated carbocycles. The number of nitrogens with one attached hydrogen (secondary N) is 3. The number of benzene rings is 1. The van der Waals surface area contributed by atoms with Crippen LogP contribution in [0.25, 0.3) is 0 Å². The van der Waals surface area contributed by atoms with Crippen molar-refractivity contribution in [3.05, 3.63) is 27.2 Å². The van der Waals surface area contributed by atoms with Crippen molar-refractivity contribution in [2.24, 2.45) is 5.92 Å². The van der Waals surface area contributed by atoms with Crippen LogP contribution in [0, 0.1) is 5.92 Å². The topological polar surface area (TPSA) is 70.2 Å². The van der Waals surface area contributed by atoms with Gasteiger partial charge in [-0.15, -0.1) is 0 Å². The second-order valence-corrected chi connectivity index (χ2v) is 8.62. The zero-order chi connectivity index (χ0) is 15.9. The first kappa shape index (κ1) is 16.8. The Kier molecular flexibility index (Phi) is 4.90.